The lowest BCUT2D eigenvalue weighted by atomic mass is 9.95. The second kappa shape index (κ2) is 11.5. The number of halogens is 1. The van der Waals surface area contributed by atoms with Crippen LogP contribution in [0.3, 0.4) is 0 Å². The van der Waals surface area contributed by atoms with E-state index in [1.165, 1.54) is 6.08 Å². The maximum absolute atomic E-state index is 14.5. The minimum atomic E-state index is -0.829. The quantitative estimate of drug-likeness (QED) is 0.247. The van der Waals surface area contributed by atoms with Gasteiger partial charge in [0.05, 0.1) is 36.6 Å². The molecule has 1 unspecified atom stereocenters. The Morgan fingerprint density at radius 2 is 2.09 bits per heavy atom. The molecular weight excluding hydrogens is 559 g/mol. The van der Waals surface area contributed by atoms with Gasteiger partial charge >= 0.3 is 11.8 Å². The molecule has 44 heavy (non-hydrogen) atoms. The van der Waals surface area contributed by atoms with Gasteiger partial charge in [0.1, 0.15) is 18.5 Å². The van der Waals surface area contributed by atoms with Gasteiger partial charge in [-0.3, -0.25) is 9.69 Å². The third-order valence-corrected chi connectivity index (χ3v) is 9.90. The van der Waals surface area contributed by atoms with Crippen LogP contribution in [0.5, 0.6) is 11.8 Å². The van der Waals surface area contributed by atoms with Crippen molar-refractivity contribution in [3.63, 3.8) is 0 Å². The summed E-state index contributed by atoms with van der Waals surface area (Å²) < 4.78 is 22.9. The van der Waals surface area contributed by atoms with Gasteiger partial charge < -0.3 is 19.6 Å². The van der Waals surface area contributed by atoms with Crippen LogP contribution in [0.15, 0.2) is 49.1 Å². The van der Waals surface area contributed by atoms with Gasteiger partial charge in [-0.1, -0.05) is 30.8 Å². The molecule has 1 aromatic heterocycles. The minimum absolute atomic E-state index is 0.0408. The number of likely N-dealkylation sites (tertiary alicyclic amines) is 1. The molecule has 0 radical (unpaired) electrons. The van der Waals surface area contributed by atoms with Crippen molar-refractivity contribution in [3.8, 4) is 11.8 Å². The summed E-state index contributed by atoms with van der Waals surface area (Å²) in [7, 11) is 2.00. The molecule has 3 fully saturated rings. The molecule has 3 atom stereocenters. The fraction of sp³-hybridized carbons (Fsp3) is 0.471. The van der Waals surface area contributed by atoms with Crippen LogP contribution in [-0.4, -0.2) is 99.7 Å². The molecule has 4 aliphatic heterocycles. The Morgan fingerprint density at radius 1 is 1.23 bits per heavy atom. The third-order valence-electron chi connectivity index (χ3n) is 9.90. The highest BCUT2D eigenvalue weighted by Gasteiger charge is 2.49. The number of alkyl halides is 1. The van der Waals surface area contributed by atoms with Crippen molar-refractivity contribution < 1.29 is 23.6 Å². The third kappa shape index (κ3) is 5.29. The van der Waals surface area contributed by atoms with Gasteiger partial charge in [-0.25, -0.2) is 8.97 Å². The number of hydrogen-bond acceptors (Lipinski definition) is 7. The molecule has 5 heterocycles. The van der Waals surface area contributed by atoms with Crippen molar-refractivity contribution in [2.45, 2.75) is 50.4 Å². The Hall–Kier alpha value is -4.05. The Morgan fingerprint density at radius 3 is 2.95 bits per heavy atom. The molecular formula is C34H40FN6O3+. The van der Waals surface area contributed by atoms with Crippen molar-refractivity contribution in [1.29, 1.82) is 0 Å². The van der Waals surface area contributed by atoms with Crippen LogP contribution in [0.1, 0.15) is 36.9 Å². The van der Waals surface area contributed by atoms with E-state index in [1.807, 2.05) is 36.2 Å². The van der Waals surface area contributed by atoms with Crippen LogP contribution in [0, 0.1) is 5.92 Å². The average molecular weight is 600 g/mol. The molecule has 0 aliphatic carbocycles. The first-order valence-electron chi connectivity index (χ1n) is 15.7. The Bertz CT molecular complexity index is 1640. The van der Waals surface area contributed by atoms with E-state index in [1.54, 1.807) is 6.07 Å². The maximum atomic E-state index is 14.5. The number of nitrogens with zero attached hydrogens (tertiary/aromatic N) is 6. The predicted octanol–water partition coefficient (Wildman–Crippen LogP) is 4.23. The first-order valence-corrected chi connectivity index (χ1v) is 15.7. The topological polar surface area (TPSA) is 85.0 Å². The lowest BCUT2D eigenvalue weighted by Crippen LogP contribution is -2.43. The van der Waals surface area contributed by atoms with Crippen molar-refractivity contribution in [1.82, 2.24) is 19.8 Å². The molecule has 2 aromatic carbocycles. The summed E-state index contributed by atoms with van der Waals surface area (Å²) >= 11 is 0. The SMILES string of the molecule is C=CC(=O)N1CCC(/C=[N+](\C)c2nc(OC[C@@]34CCCN3C[C@H](F)C4)nc3c2CCN(c2cc(O)cc4ccccc24)C3)C1. The first kappa shape index (κ1) is 28.7. The number of ether oxygens (including phenoxy) is 1. The highest BCUT2D eigenvalue weighted by Crippen LogP contribution is 2.41. The second-order valence-corrected chi connectivity index (χ2v) is 12.8. The number of anilines is 1. The van der Waals surface area contributed by atoms with Gasteiger partial charge in [-0.2, -0.15) is 4.98 Å². The van der Waals surface area contributed by atoms with Gasteiger partial charge in [0.15, 0.2) is 0 Å². The van der Waals surface area contributed by atoms with Crippen LogP contribution in [0.25, 0.3) is 10.8 Å². The fourth-order valence-corrected chi connectivity index (χ4v) is 7.76. The minimum Gasteiger partial charge on any atom is -0.508 e. The number of hydrogen-bond donors (Lipinski definition) is 1. The highest BCUT2D eigenvalue weighted by atomic mass is 19.1. The van der Waals surface area contributed by atoms with Crippen LogP contribution < -0.4 is 9.64 Å². The second-order valence-electron chi connectivity index (χ2n) is 12.8. The van der Waals surface area contributed by atoms with E-state index >= 15 is 0 Å². The number of fused-ring (bicyclic) bond motifs is 3. The molecule has 9 nitrogen and oxygen atoms in total. The molecule has 3 saturated heterocycles. The van der Waals surface area contributed by atoms with E-state index in [2.05, 4.69) is 33.2 Å². The van der Waals surface area contributed by atoms with E-state index in [0.717, 1.165) is 72.3 Å². The predicted molar refractivity (Wildman–Crippen MR) is 168 cm³/mol. The van der Waals surface area contributed by atoms with E-state index in [-0.39, 0.29) is 23.1 Å². The number of benzene rings is 2. The van der Waals surface area contributed by atoms with Gasteiger partial charge in [0, 0.05) is 67.1 Å². The summed E-state index contributed by atoms with van der Waals surface area (Å²) in [5.41, 5.74) is 2.62. The molecule has 1 amide bonds. The zero-order valence-corrected chi connectivity index (χ0v) is 25.3. The zero-order valence-electron chi connectivity index (χ0n) is 25.3. The normalized spacial score (nSPS) is 25.4. The Balaban J connectivity index is 1.22. The lowest BCUT2D eigenvalue weighted by molar-refractivity contribution is -0.407. The van der Waals surface area contributed by atoms with Gasteiger partial charge in [0.25, 0.3) is 0 Å². The first-order chi connectivity index (χ1) is 21.3. The lowest BCUT2D eigenvalue weighted by Gasteiger charge is -2.31. The summed E-state index contributed by atoms with van der Waals surface area (Å²) in [6.45, 7) is 8.00. The standard InChI is InChI=1S/C34H39FN6O3/c1-3-31(43)40-13-9-23(19-40)18-38(2)32-28-10-14-39(30-16-26(42)15-24-7-4-5-8-27(24)30)21-29(28)36-33(37-32)44-22-34-11-6-12-41(34)20-25(35)17-34/h3-5,7-8,15-16,18,23,25H,1,6,9-14,17,19-22H2,2H3/p+1/b38-18+/t23?,25-,34+/m1/s1. The van der Waals surface area contributed by atoms with Gasteiger partial charge in [0.2, 0.25) is 5.91 Å². The molecule has 1 N–H and O–H groups in total. The monoisotopic (exact) mass is 599 g/mol. The van der Waals surface area contributed by atoms with Crippen LogP contribution in [-0.2, 0) is 17.8 Å². The maximum Gasteiger partial charge on any atom is 0.434 e. The molecule has 0 saturated carbocycles. The average Bonchev–Trinajstić information content (AvgIpc) is 3.72. The number of rotatable bonds is 7. The van der Waals surface area contributed by atoms with E-state index < -0.39 is 6.17 Å². The fourth-order valence-electron chi connectivity index (χ4n) is 7.76. The zero-order chi connectivity index (χ0) is 30.4. The molecule has 7 rings (SSSR count). The van der Waals surface area contributed by atoms with Gasteiger partial charge in [-0.15, -0.1) is 0 Å². The molecule has 3 aromatic rings. The van der Waals surface area contributed by atoms with Crippen molar-refractivity contribution in [2.24, 2.45) is 5.92 Å². The number of aromatic nitrogens is 2. The van der Waals surface area contributed by atoms with Crippen molar-refractivity contribution in [3.05, 3.63) is 60.3 Å². The molecule has 0 bridgehead atoms. The van der Waals surface area contributed by atoms with Crippen LogP contribution >= 0.6 is 0 Å². The van der Waals surface area contributed by atoms with Crippen molar-refractivity contribution >= 4 is 34.4 Å². The highest BCUT2D eigenvalue weighted by molar-refractivity contribution is 5.95. The number of carbonyl (C=O) groups excluding carboxylic acids is 1. The molecule has 10 heteroatoms. The number of amides is 1. The molecule has 4 aliphatic rings. The van der Waals surface area contributed by atoms with E-state index in [0.29, 0.717) is 45.2 Å². The summed E-state index contributed by atoms with van der Waals surface area (Å²) in [4.78, 5) is 28.4. The summed E-state index contributed by atoms with van der Waals surface area (Å²) in [5, 5.41) is 12.6. The van der Waals surface area contributed by atoms with E-state index in [9.17, 15) is 14.3 Å². The number of phenols is 1. The molecule has 0 spiro atoms. The summed E-state index contributed by atoms with van der Waals surface area (Å²) in [6, 6.07) is 12.0. The number of aromatic hydroxyl groups is 1. The number of phenolic OH excluding ortho intramolecular Hbond substituents is 1. The number of carbonyl (C=O) groups is 1. The largest absolute Gasteiger partial charge is 0.508 e. The summed E-state index contributed by atoms with van der Waals surface area (Å²) in [6.07, 6.45) is 6.74. The molecule has 230 valence electrons. The summed E-state index contributed by atoms with van der Waals surface area (Å²) in [5.74, 6) is 1.19. The van der Waals surface area contributed by atoms with Crippen LogP contribution in [0.4, 0.5) is 15.9 Å². The van der Waals surface area contributed by atoms with Crippen LogP contribution in [0.2, 0.25) is 0 Å². The van der Waals surface area contributed by atoms with E-state index in [4.69, 9.17) is 14.7 Å². The smallest absolute Gasteiger partial charge is 0.434 e. The van der Waals surface area contributed by atoms with Gasteiger partial charge in [-0.05, 0) is 43.3 Å². The Labute approximate surface area is 257 Å². The Kier molecular flexibility index (Phi) is 7.48. The van der Waals surface area contributed by atoms with Crippen molar-refractivity contribution in [2.75, 3.05) is 51.3 Å².